The van der Waals surface area contributed by atoms with Crippen LogP contribution in [0.2, 0.25) is 0 Å². The van der Waals surface area contributed by atoms with E-state index >= 15 is 0 Å². The first-order chi connectivity index (χ1) is 12.4. The first-order valence-corrected chi connectivity index (χ1v) is 8.31. The van der Waals surface area contributed by atoms with E-state index in [0.717, 1.165) is 11.1 Å². The van der Waals surface area contributed by atoms with Gasteiger partial charge in [-0.15, -0.1) is 0 Å². The Balaban J connectivity index is 1.90. The zero-order chi connectivity index (χ0) is 18.8. The highest BCUT2D eigenvalue weighted by Gasteiger charge is 2.41. The Kier molecular flexibility index (Phi) is 4.75. The second kappa shape index (κ2) is 7.00. The lowest BCUT2D eigenvalue weighted by Crippen LogP contribution is -2.36. The molecule has 0 spiro atoms. The molecule has 26 heavy (non-hydrogen) atoms. The Morgan fingerprint density at radius 1 is 1.08 bits per heavy atom. The lowest BCUT2D eigenvalue weighted by atomic mass is 10.1. The normalized spacial score (nSPS) is 16.7. The van der Waals surface area contributed by atoms with Crippen LogP contribution in [0.3, 0.4) is 0 Å². The molecule has 0 unspecified atom stereocenters. The minimum atomic E-state index is -0.729. The number of carbonyl (C=O) groups excluding carboxylic acids is 3. The predicted octanol–water partition coefficient (Wildman–Crippen LogP) is 2.83. The number of ether oxygens (including phenoxy) is 1. The molecule has 6 heteroatoms. The van der Waals surface area contributed by atoms with Gasteiger partial charge in [-0.3, -0.25) is 9.59 Å². The van der Waals surface area contributed by atoms with E-state index < -0.39 is 12.0 Å². The van der Waals surface area contributed by atoms with E-state index in [0.29, 0.717) is 16.9 Å². The Morgan fingerprint density at radius 2 is 1.73 bits per heavy atom. The van der Waals surface area contributed by atoms with Crippen molar-refractivity contribution in [1.82, 2.24) is 0 Å². The standard InChI is InChI=1S/C20H20N2O4/c1-12-7-6-8-13(2)18(12)22-17(23)11-16(19(22)24)21-15-10-5-4-9-14(15)20(25)26-3/h4-10,16,21H,11H2,1-3H3/t16-/m0/s1. The van der Waals surface area contributed by atoms with Gasteiger partial charge >= 0.3 is 5.97 Å². The summed E-state index contributed by atoms with van der Waals surface area (Å²) in [6.45, 7) is 3.74. The molecule has 0 aliphatic carbocycles. The predicted molar refractivity (Wildman–Crippen MR) is 98.2 cm³/mol. The number of hydrogen-bond donors (Lipinski definition) is 1. The Bertz CT molecular complexity index is 871. The molecule has 1 fully saturated rings. The first-order valence-electron chi connectivity index (χ1n) is 8.31. The van der Waals surface area contributed by atoms with Crippen molar-refractivity contribution in [2.45, 2.75) is 26.3 Å². The monoisotopic (exact) mass is 352 g/mol. The van der Waals surface area contributed by atoms with Crippen LogP contribution in [0.15, 0.2) is 42.5 Å². The van der Waals surface area contributed by atoms with Crippen LogP contribution in [0, 0.1) is 13.8 Å². The quantitative estimate of drug-likeness (QED) is 0.676. The number of carbonyl (C=O) groups is 3. The van der Waals surface area contributed by atoms with Gasteiger partial charge in [0.25, 0.3) is 5.91 Å². The Hall–Kier alpha value is -3.15. The Morgan fingerprint density at radius 3 is 2.38 bits per heavy atom. The van der Waals surface area contributed by atoms with Gasteiger partial charge in [0, 0.05) is 5.69 Å². The second-order valence-electron chi connectivity index (χ2n) is 6.25. The average Bonchev–Trinajstić information content (AvgIpc) is 2.89. The van der Waals surface area contributed by atoms with Crippen LogP contribution in [0.1, 0.15) is 27.9 Å². The van der Waals surface area contributed by atoms with E-state index in [4.69, 9.17) is 4.74 Å². The third kappa shape index (κ3) is 3.06. The molecule has 1 aliphatic heterocycles. The second-order valence-corrected chi connectivity index (χ2v) is 6.25. The Labute approximate surface area is 151 Å². The number of para-hydroxylation sites is 2. The summed E-state index contributed by atoms with van der Waals surface area (Å²) in [6.07, 6.45) is 0.0299. The number of nitrogens with one attached hydrogen (secondary N) is 1. The van der Waals surface area contributed by atoms with Crippen molar-refractivity contribution >= 4 is 29.2 Å². The van der Waals surface area contributed by atoms with Gasteiger partial charge in [0.2, 0.25) is 5.91 Å². The smallest absolute Gasteiger partial charge is 0.339 e. The van der Waals surface area contributed by atoms with Crippen LogP contribution in [-0.2, 0) is 14.3 Å². The summed E-state index contributed by atoms with van der Waals surface area (Å²) in [5, 5.41) is 3.03. The summed E-state index contributed by atoms with van der Waals surface area (Å²) in [4.78, 5) is 38.6. The van der Waals surface area contributed by atoms with Crippen molar-refractivity contribution in [3.63, 3.8) is 0 Å². The maximum atomic E-state index is 12.9. The third-order valence-corrected chi connectivity index (χ3v) is 4.47. The molecule has 2 amide bonds. The number of benzene rings is 2. The van der Waals surface area contributed by atoms with Gasteiger partial charge in [-0.05, 0) is 37.1 Å². The van der Waals surface area contributed by atoms with E-state index in [-0.39, 0.29) is 18.2 Å². The molecule has 2 aromatic carbocycles. The molecule has 1 saturated heterocycles. The molecule has 0 aromatic heterocycles. The molecule has 2 aromatic rings. The average molecular weight is 352 g/mol. The first kappa shape index (κ1) is 17.7. The number of hydrogen-bond acceptors (Lipinski definition) is 5. The van der Waals surface area contributed by atoms with Gasteiger partial charge in [0.15, 0.2) is 0 Å². The van der Waals surface area contributed by atoms with Crippen LogP contribution in [0.5, 0.6) is 0 Å². The molecule has 1 N–H and O–H groups in total. The van der Waals surface area contributed by atoms with Crippen LogP contribution in [0.25, 0.3) is 0 Å². The lowest BCUT2D eigenvalue weighted by molar-refractivity contribution is -0.121. The molecule has 6 nitrogen and oxygen atoms in total. The molecule has 134 valence electrons. The molecule has 1 heterocycles. The van der Waals surface area contributed by atoms with Crippen molar-refractivity contribution in [3.8, 4) is 0 Å². The SMILES string of the molecule is COC(=O)c1ccccc1N[C@H]1CC(=O)N(c2c(C)cccc2C)C1=O. The van der Waals surface area contributed by atoms with Gasteiger partial charge in [-0.25, -0.2) is 9.69 Å². The maximum absolute atomic E-state index is 12.9. The van der Waals surface area contributed by atoms with Gasteiger partial charge in [0.1, 0.15) is 6.04 Å². The summed E-state index contributed by atoms with van der Waals surface area (Å²) < 4.78 is 4.77. The molecule has 0 radical (unpaired) electrons. The van der Waals surface area contributed by atoms with Gasteiger partial charge in [-0.1, -0.05) is 30.3 Å². The molecular weight excluding hydrogens is 332 g/mol. The molecule has 0 saturated carbocycles. The lowest BCUT2D eigenvalue weighted by Gasteiger charge is -2.20. The fourth-order valence-electron chi connectivity index (χ4n) is 3.22. The van der Waals surface area contributed by atoms with E-state index in [1.807, 2.05) is 32.0 Å². The molecule has 1 aliphatic rings. The highest BCUT2D eigenvalue weighted by Crippen LogP contribution is 2.31. The summed E-state index contributed by atoms with van der Waals surface area (Å²) in [7, 11) is 1.30. The molecule has 3 rings (SSSR count). The number of anilines is 2. The highest BCUT2D eigenvalue weighted by molar-refractivity contribution is 6.24. The molecular formula is C20H20N2O4. The van der Waals surface area contributed by atoms with E-state index in [9.17, 15) is 14.4 Å². The largest absolute Gasteiger partial charge is 0.465 e. The molecule has 1 atom stereocenters. The number of esters is 1. The van der Waals surface area contributed by atoms with E-state index in [1.54, 1.807) is 24.3 Å². The fraction of sp³-hybridized carbons (Fsp3) is 0.250. The summed E-state index contributed by atoms with van der Waals surface area (Å²) >= 11 is 0. The maximum Gasteiger partial charge on any atom is 0.339 e. The highest BCUT2D eigenvalue weighted by atomic mass is 16.5. The fourth-order valence-corrected chi connectivity index (χ4v) is 3.22. The number of imide groups is 1. The minimum Gasteiger partial charge on any atom is -0.465 e. The van der Waals surface area contributed by atoms with Gasteiger partial charge in [-0.2, -0.15) is 0 Å². The van der Waals surface area contributed by atoms with Crippen molar-refractivity contribution in [1.29, 1.82) is 0 Å². The number of aryl methyl sites for hydroxylation is 2. The van der Waals surface area contributed by atoms with Crippen LogP contribution >= 0.6 is 0 Å². The summed E-state index contributed by atoms with van der Waals surface area (Å²) in [6, 6.07) is 11.7. The minimum absolute atomic E-state index is 0.0299. The summed E-state index contributed by atoms with van der Waals surface area (Å²) in [5.41, 5.74) is 3.15. The van der Waals surface area contributed by atoms with Crippen LogP contribution < -0.4 is 10.2 Å². The van der Waals surface area contributed by atoms with Crippen molar-refractivity contribution in [2.75, 3.05) is 17.3 Å². The number of amides is 2. The van der Waals surface area contributed by atoms with Crippen LogP contribution in [-0.4, -0.2) is 30.9 Å². The zero-order valence-corrected chi connectivity index (χ0v) is 14.9. The van der Waals surface area contributed by atoms with Crippen LogP contribution in [0.4, 0.5) is 11.4 Å². The van der Waals surface area contributed by atoms with E-state index in [2.05, 4.69) is 5.32 Å². The molecule has 0 bridgehead atoms. The topological polar surface area (TPSA) is 75.7 Å². The number of nitrogens with zero attached hydrogens (tertiary/aromatic N) is 1. The van der Waals surface area contributed by atoms with Gasteiger partial charge in [0.05, 0.1) is 24.8 Å². The zero-order valence-electron chi connectivity index (χ0n) is 14.9. The third-order valence-electron chi connectivity index (χ3n) is 4.47. The van der Waals surface area contributed by atoms with Crippen molar-refractivity contribution in [2.24, 2.45) is 0 Å². The van der Waals surface area contributed by atoms with Gasteiger partial charge < -0.3 is 10.1 Å². The number of rotatable bonds is 4. The summed E-state index contributed by atoms with van der Waals surface area (Å²) in [5.74, 6) is -1.09. The van der Waals surface area contributed by atoms with Crippen molar-refractivity contribution < 1.29 is 19.1 Å². The van der Waals surface area contributed by atoms with E-state index in [1.165, 1.54) is 12.0 Å². The number of methoxy groups -OCH3 is 1. The van der Waals surface area contributed by atoms with Crippen molar-refractivity contribution in [3.05, 3.63) is 59.2 Å².